The summed E-state index contributed by atoms with van der Waals surface area (Å²) in [6.45, 7) is 2.23. The van der Waals surface area contributed by atoms with Crippen LogP contribution in [0.2, 0.25) is 0 Å². The smallest absolute Gasteiger partial charge is 0.269 e. The number of hydrogen-bond donors (Lipinski definition) is 1. The van der Waals surface area contributed by atoms with Gasteiger partial charge in [-0.3, -0.25) is 24.7 Å². The standard InChI is InChI=1S/C23H24F2N6O4/c24-18-3-6-20(21(25)11-18)23(33,14-30-16-26-15-27-30)13-29-9-7-28(8-10-29)12-22(32)17-1-4-19(5-2-17)31(34)35/h1-6,11,15-16,33H,7-10,12-14H2. The van der Waals surface area contributed by atoms with Crippen molar-refractivity contribution in [1.29, 1.82) is 0 Å². The normalized spacial score (nSPS) is 16.7. The Balaban J connectivity index is 1.39. The first-order valence-electron chi connectivity index (χ1n) is 11.0. The highest BCUT2D eigenvalue weighted by molar-refractivity contribution is 5.97. The number of ketones is 1. The number of non-ortho nitro benzene ring substituents is 1. The van der Waals surface area contributed by atoms with Crippen molar-refractivity contribution in [2.24, 2.45) is 0 Å². The second kappa shape index (κ2) is 10.3. The van der Waals surface area contributed by atoms with Crippen molar-refractivity contribution >= 4 is 11.5 Å². The highest BCUT2D eigenvalue weighted by Gasteiger charge is 2.36. The van der Waals surface area contributed by atoms with Crippen LogP contribution in [0.15, 0.2) is 55.1 Å². The van der Waals surface area contributed by atoms with Crippen LogP contribution in [0.1, 0.15) is 15.9 Å². The van der Waals surface area contributed by atoms with Crippen LogP contribution in [-0.2, 0) is 12.1 Å². The zero-order valence-corrected chi connectivity index (χ0v) is 18.8. The number of β-amino-alcohol motifs (C(OH)–C–C–N with tert-alkyl or cyclic N) is 1. The molecule has 1 N–H and O–H groups in total. The summed E-state index contributed by atoms with van der Waals surface area (Å²) >= 11 is 0. The van der Waals surface area contributed by atoms with E-state index < -0.39 is 22.2 Å². The van der Waals surface area contributed by atoms with Gasteiger partial charge in [-0.2, -0.15) is 5.10 Å². The maximum Gasteiger partial charge on any atom is 0.269 e. The molecule has 0 spiro atoms. The van der Waals surface area contributed by atoms with E-state index in [0.717, 1.165) is 12.1 Å². The quantitative estimate of drug-likeness (QED) is 0.277. The summed E-state index contributed by atoms with van der Waals surface area (Å²) in [6.07, 6.45) is 2.72. The number of rotatable bonds is 9. The van der Waals surface area contributed by atoms with Gasteiger partial charge in [0.15, 0.2) is 5.78 Å². The SMILES string of the molecule is O=C(CN1CCN(CC(O)(Cn2cncn2)c2ccc(F)cc2F)CC1)c1ccc([N+](=O)[O-])cc1. The number of nitro groups is 1. The Morgan fingerprint density at radius 3 is 2.34 bits per heavy atom. The molecule has 3 aromatic rings. The molecule has 1 aliphatic heterocycles. The van der Waals surface area contributed by atoms with E-state index in [0.29, 0.717) is 31.7 Å². The molecular weight excluding hydrogens is 462 g/mol. The number of benzene rings is 2. The summed E-state index contributed by atoms with van der Waals surface area (Å²) < 4.78 is 29.5. The number of aromatic nitrogens is 3. The molecule has 35 heavy (non-hydrogen) atoms. The van der Waals surface area contributed by atoms with E-state index in [1.807, 2.05) is 9.80 Å². The Bertz CT molecular complexity index is 1180. The predicted octanol–water partition coefficient (Wildman–Crippen LogP) is 1.85. The van der Waals surface area contributed by atoms with E-state index in [4.69, 9.17) is 0 Å². The lowest BCUT2D eigenvalue weighted by atomic mass is 9.92. The molecule has 2 heterocycles. The number of carbonyl (C=O) groups excluding carboxylic acids is 1. The van der Waals surface area contributed by atoms with Gasteiger partial charge in [-0.15, -0.1) is 0 Å². The van der Waals surface area contributed by atoms with Crippen LogP contribution in [0, 0.1) is 21.7 Å². The predicted molar refractivity (Wildman–Crippen MR) is 121 cm³/mol. The minimum Gasteiger partial charge on any atom is -0.382 e. The van der Waals surface area contributed by atoms with Gasteiger partial charge in [0.25, 0.3) is 5.69 Å². The molecule has 1 aromatic heterocycles. The summed E-state index contributed by atoms with van der Waals surface area (Å²) in [7, 11) is 0. The molecular formula is C23H24F2N6O4. The van der Waals surface area contributed by atoms with E-state index in [1.54, 1.807) is 0 Å². The Morgan fingerprint density at radius 2 is 1.74 bits per heavy atom. The van der Waals surface area contributed by atoms with Crippen LogP contribution in [0.5, 0.6) is 0 Å². The van der Waals surface area contributed by atoms with Crippen molar-refractivity contribution in [3.63, 3.8) is 0 Å². The fourth-order valence-corrected chi connectivity index (χ4v) is 4.21. The minimum atomic E-state index is -1.69. The molecule has 12 heteroatoms. The molecule has 0 saturated carbocycles. The van der Waals surface area contributed by atoms with Gasteiger partial charge in [-0.1, -0.05) is 6.07 Å². The molecule has 10 nitrogen and oxygen atoms in total. The highest BCUT2D eigenvalue weighted by atomic mass is 19.1. The summed E-state index contributed by atoms with van der Waals surface area (Å²) in [5.74, 6) is -1.73. The van der Waals surface area contributed by atoms with Crippen molar-refractivity contribution in [2.75, 3.05) is 39.3 Å². The topological polar surface area (TPSA) is 118 Å². The number of halogens is 2. The molecule has 1 saturated heterocycles. The third-order valence-electron chi connectivity index (χ3n) is 6.04. The minimum absolute atomic E-state index is 0.0369. The Morgan fingerprint density at radius 1 is 1.06 bits per heavy atom. The van der Waals surface area contributed by atoms with E-state index in [9.17, 15) is 28.8 Å². The first-order chi connectivity index (χ1) is 16.7. The van der Waals surface area contributed by atoms with Crippen LogP contribution in [-0.4, -0.2) is 79.6 Å². The van der Waals surface area contributed by atoms with Gasteiger partial charge in [0.2, 0.25) is 0 Å². The lowest BCUT2D eigenvalue weighted by Crippen LogP contribution is -2.53. The molecule has 1 fully saturated rings. The van der Waals surface area contributed by atoms with Crippen molar-refractivity contribution in [3.8, 4) is 0 Å². The number of nitro benzene ring substituents is 1. The van der Waals surface area contributed by atoms with E-state index in [2.05, 4.69) is 10.1 Å². The second-order valence-electron chi connectivity index (χ2n) is 8.53. The van der Waals surface area contributed by atoms with Crippen molar-refractivity contribution in [2.45, 2.75) is 12.1 Å². The maximum atomic E-state index is 14.6. The molecule has 2 aromatic carbocycles. The summed E-state index contributed by atoms with van der Waals surface area (Å²) in [5.41, 5.74) is -1.41. The lowest BCUT2D eigenvalue weighted by Gasteiger charge is -2.39. The van der Waals surface area contributed by atoms with Crippen LogP contribution in [0.4, 0.5) is 14.5 Å². The van der Waals surface area contributed by atoms with Gasteiger partial charge in [-0.05, 0) is 18.2 Å². The first kappa shape index (κ1) is 24.5. The monoisotopic (exact) mass is 486 g/mol. The van der Waals surface area contributed by atoms with E-state index >= 15 is 0 Å². The number of carbonyl (C=O) groups is 1. The van der Waals surface area contributed by atoms with Crippen LogP contribution < -0.4 is 0 Å². The number of piperazine rings is 1. The maximum absolute atomic E-state index is 14.6. The molecule has 0 bridgehead atoms. The largest absolute Gasteiger partial charge is 0.382 e. The molecule has 0 radical (unpaired) electrons. The Labute approximate surface area is 199 Å². The third-order valence-corrected chi connectivity index (χ3v) is 6.04. The molecule has 1 aliphatic rings. The second-order valence-corrected chi connectivity index (χ2v) is 8.53. The van der Waals surface area contributed by atoms with Gasteiger partial charge in [0, 0.05) is 62.0 Å². The molecule has 1 unspecified atom stereocenters. The summed E-state index contributed by atoms with van der Waals surface area (Å²) in [6, 6.07) is 8.57. The number of aliphatic hydroxyl groups is 1. The van der Waals surface area contributed by atoms with Crippen molar-refractivity contribution in [1.82, 2.24) is 24.6 Å². The summed E-state index contributed by atoms with van der Waals surface area (Å²) in [5, 5.41) is 26.3. The molecule has 184 valence electrons. The Kier molecular flexibility index (Phi) is 7.24. The fraction of sp³-hybridized carbons (Fsp3) is 0.348. The average Bonchev–Trinajstić information content (AvgIpc) is 3.33. The van der Waals surface area contributed by atoms with Crippen molar-refractivity contribution < 1.29 is 23.6 Å². The van der Waals surface area contributed by atoms with Gasteiger partial charge < -0.3 is 5.11 Å². The molecule has 0 aliphatic carbocycles. The average molecular weight is 486 g/mol. The molecule has 0 amide bonds. The van der Waals surface area contributed by atoms with Crippen molar-refractivity contribution in [3.05, 3.63) is 88.0 Å². The number of hydrogen-bond acceptors (Lipinski definition) is 8. The van der Waals surface area contributed by atoms with Crippen LogP contribution in [0.25, 0.3) is 0 Å². The zero-order valence-electron chi connectivity index (χ0n) is 18.8. The zero-order chi connectivity index (χ0) is 25.0. The van der Waals surface area contributed by atoms with Gasteiger partial charge in [-0.25, -0.2) is 18.4 Å². The van der Waals surface area contributed by atoms with E-state index in [1.165, 1.54) is 47.7 Å². The van der Waals surface area contributed by atoms with Crippen LogP contribution >= 0.6 is 0 Å². The van der Waals surface area contributed by atoms with Gasteiger partial charge >= 0.3 is 0 Å². The van der Waals surface area contributed by atoms with Gasteiger partial charge in [0.1, 0.15) is 29.9 Å². The van der Waals surface area contributed by atoms with Gasteiger partial charge in [0.05, 0.1) is 18.0 Å². The number of Topliss-reactive ketones (excluding diaryl/α,β-unsaturated/α-hetero) is 1. The number of nitrogens with zero attached hydrogens (tertiary/aromatic N) is 6. The third kappa shape index (κ3) is 5.91. The lowest BCUT2D eigenvalue weighted by molar-refractivity contribution is -0.384. The fourth-order valence-electron chi connectivity index (χ4n) is 4.21. The molecule has 4 rings (SSSR count). The molecule has 1 atom stereocenters. The Hall–Kier alpha value is -3.61. The highest BCUT2D eigenvalue weighted by Crippen LogP contribution is 2.28. The van der Waals surface area contributed by atoms with E-state index in [-0.39, 0.29) is 36.7 Å². The van der Waals surface area contributed by atoms with Crippen LogP contribution in [0.3, 0.4) is 0 Å². The first-order valence-corrected chi connectivity index (χ1v) is 11.0. The summed E-state index contributed by atoms with van der Waals surface area (Å²) in [4.78, 5) is 30.6.